The molecule has 2 aromatic heterocycles. The van der Waals surface area contributed by atoms with Gasteiger partial charge < -0.3 is 9.84 Å². The monoisotopic (exact) mass is 280 g/mol. The van der Waals surface area contributed by atoms with Crippen LogP contribution < -0.4 is 4.74 Å². The van der Waals surface area contributed by atoms with Gasteiger partial charge in [0, 0.05) is 28.6 Å². The fourth-order valence-corrected chi connectivity index (χ4v) is 1.55. The van der Waals surface area contributed by atoms with Gasteiger partial charge >= 0.3 is 0 Å². The van der Waals surface area contributed by atoms with Crippen LogP contribution in [0.5, 0.6) is 11.5 Å². The molecule has 0 aliphatic rings. The third-order valence-electron chi connectivity index (χ3n) is 1.94. The molecule has 82 valence electrons. The number of aliphatic hydroxyl groups excluding tert-OH is 1. The molecule has 0 amide bonds. The minimum absolute atomic E-state index is 0.107. The summed E-state index contributed by atoms with van der Waals surface area (Å²) in [6.45, 7) is -0.107. The molecule has 2 aromatic rings. The Balaban J connectivity index is 2.26. The van der Waals surface area contributed by atoms with E-state index in [1.807, 2.05) is 0 Å². The molecule has 5 heteroatoms. The van der Waals surface area contributed by atoms with E-state index >= 15 is 0 Å². The molecule has 0 fully saturated rings. The standard InChI is InChI=1S/C11H9BrN2O2/c12-9-3-10(6-14-5-9)16-11-1-2-13-4-8(11)7-15/h1-6,15H,7H2. The molecule has 1 N–H and O–H groups in total. The van der Waals surface area contributed by atoms with Gasteiger partial charge in [-0.25, -0.2) is 0 Å². The van der Waals surface area contributed by atoms with Gasteiger partial charge in [-0.3, -0.25) is 9.97 Å². The zero-order valence-corrected chi connectivity index (χ0v) is 9.89. The van der Waals surface area contributed by atoms with Crippen LogP contribution in [-0.4, -0.2) is 15.1 Å². The lowest BCUT2D eigenvalue weighted by atomic mass is 10.3. The van der Waals surface area contributed by atoms with E-state index in [0.29, 0.717) is 17.1 Å². The van der Waals surface area contributed by atoms with E-state index < -0.39 is 0 Å². The third-order valence-corrected chi connectivity index (χ3v) is 2.37. The Morgan fingerprint density at radius 2 is 2.12 bits per heavy atom. The summed E-state index contributed by atoms with van der Waals surface area (Å²) in [5, 5.41) is 9.11. The second-order valence-electron chi connectivity index (χ2n) is 3.08. The summed E-state index contributed by atoms with van der Waals surface area (Å²) in [5.74, 6) is 1.19. The number of pyridine rings is 2. The molecule has 2 heterocycles. The number of nitrogens with zero attached hydrogens (tertiary/aromatic N) is 2. The van der Waals surface area contributed by atoms with Crippen molar-refractivity contribution in [2.45, 2.75) is 6.61 Å². The Hall–Kier alpha value is -1.46. The van der Waals surface area contributed by atoms with E-state index in [4.69, 9.17) is 9.84 Å². The summed E-state index contributed by atoms with van der Waals surface area (Å²) in [4.78, 5) is 7.90. The molecule has 0 atom stereocenters. The van der Waals surface area contributed by atoms with Gasteiger partial charge in [0.1, 0.15) is 11.5 Å². The molecule has 0 unspecified atom stereocenters. The van der Waals surface area contributed by atoms with Gasteiger partial charge in [0.15, 0.2) is 0 Å². The van der Waals surface area contributed by atoms with Crippen molar-refractivity contribution in [3.05, 3.63) is 47.0 Å². The Bertz CT molecular complexity index is 491. The Labute approximate surface area is 101 Å². The van der Waals surface area contributed by atoms with Crippen molar-refractivity contribution in [1.82, 2.24) is 9.97 Å². The largest absolute Gasteiger partial charge is 0.455 e. The first-order valence-corrected chi connectivity index (χ1v) is 5.41. The second kappa shape index (κ2) is 5.05. The molecule has 0 aromatic carbocycles. The first-order chi connectivity index (χ1) is 7.79. The van der Waals surface area contributed by atoms with Crippen LogP contribution in [0.2, 0.25) is 0 Å². The quantitative estimate of drug-likeness (QED) is 0.939. The smallest absolute Gasteiger partial charge is 0.146 e. The van der Waals surface area contributed by atoms with Crippen LogP contribution in [0.15, 0.2) is 41.4 Å². The molecule has 0 aliphatic carbocycles. The van der Waals surface area contributed by atoms with Crippen molar-refractivity contribution in [2.75, 3.05) is 0 Å². The van der Waals surface area contributed by atoms with Crippen molar-refractivity contribution < 1.29 is 9.84 Å². The molecule has 0 spiro atoms. The molecule has 0 saturated carbocycles. The number of aromatic nitrogens is 2. The fraction of sp³-hybridized carbons (Fsp3) is 0.0909. The minimum Gasteiger partial charge on any atom is -0.455 e. The SMILES string of the molecule is OCc1cnccc1Oc1cncc(Br)c1. The van der Waals surface area contributed by atoms with Gasteiger partial charge in [0.2, 0.25) is 0 Å². The molecule has 0 bridgehead atoms. The summed E-state index contributed by atoms with van der Waals surface area (Å²) in [6.07, 6.45) is 6.46. The first kappa shape index (κ1) is 11.0. The Morgan fingerprint density at radius 1 is 1.25 bits per heavy atom. The average Bonchev–Trinajstić information content (AvgIpc) is 2.30. The number of rotatable bonds is 3. The Kier molecular flexibility index (Phi) is 3.48. The van der Waals surface area contributed by atoms with Crippen LogP contribution in [0.25, 0.3) is 0 Å². The summed E-state index contributed by atoms with van der Waals surface area (Å²) < 4.78 is 6.43. The molecule has 0 aliphatic heterocycles. The van der Waals surface area contributed by atoms with Gasteiger partial charge in [0.05, 0.1) is 12.8 Å². The van der Waals surface area contributed by atoms with Gasteiger partial charge in [-0.1, -0.05) is 0 Å². The van der Waals surface area contributed by atoms with Crippen molar-refractivity contribution in [3.63, 3.8) is 0 Å². The van der Waals surface area contributed by atoms with Gasteiger partial charge in [-0.05, 0) is 28.1 Å². The van der Waals surface area contributed by atoms with E-state index in [2.05, 4.69) is 25.9 Å². The van der Waals surface area contributed by atoms with Crippen LogP contribution in [0, 0.1) is 0 Å². The van der Waals surface area contributed by atoms with Gasteiger partial charge in [0.25, 0.3) is 0 Å². The highest BCUT2D eigenvalue weighted by Crippen LogP contribution is 2.25. The summed E-state index contributed by atoms with van der Waals surface area (Å²) >= 11 is 3.31. The van der Waals surface area contributed by atoms with Crippen LogP contribution in [0.3, 0.4) is 0 Å². The van der Waals surface area contributed by atoms with Crippen LogP contribution in [-0.2, 0) is 6.61 Å². The molecular formula is C11H9BrN2O2. The predicted molar refractivity (Wildman–Crippen MR) is 62.2 cm³/mol. The maximum atomic E-state index is 9.11. The third kappa shape index (κ3) is 2.56. The first-order valence-electron chi connectivity index (χ1n) is 4.62. The number of ether oxygens (including phenoxy) is 1. The van der Waals surface area contributed by atoms with E-state index in [1.165, 1.54) is 0 Å². The van der Waals surface area contributed by atoms with Crippen LogP contribution in [0.1, 0.15) is 5.56 Å². The van der Waals surface area contributed by atoms with Crippen molar-refractivity contribution in [2.24, 2.45) is 0 Å². The van der Waals surface area contributed by atoms with Gasteiger partial charge in [-0.2, -0.15) is 0 Å². The minimum atomic E-state index is -0.107. The highest BCUT2D eigenvalue weighted by Gasteiger charge is 2.04. The van der Waals surface area contributed by atoms with E-state index in [9.17, 15) is 0 Å². The normalized spacial score (nSPS) is 10.1. The maximum absolute atomic E-state index is 9.11. The highest BCUT2D eigenvalue weighted by molar-refractivity contribution is 9.10. The molecule has 16 heavy (non-hydrogen) atoms. The average molecular weight is 281 g/mol. The lowest BCUT2D eigenvalue weighted by molar-refractivity contribution is 0.276. The van der Waals surface area contributed by atoms with Gasteiger partial charge in [-0.15, -0.1) is 0 Å². The number of aliphatic hydroxyl groups is 1. The topological polar surface area (TPSA) is 55.2 Å². The van der Waals surface area contributed by atoms with Crippen LogP contribution in [0.4, 0.5) is 0 Å². The second-order valence-corrected chi connectivity index (χ2v) is 4.00. The fourth-order valence-electron chi connectivity index (χ4n) is 1.21. The zero-order chi connectivity index (χ0) is 11.4. The molecular weight excluding hydrogens is 272 g/mol. The highest BCUT2D eigenvalue weighted by atomic mass is 79.9. The van der Waals surface area contributed by atoms with Crippen LogP contribution >= 0.6 is 15.9 Å². The van der Waals surface area contributed by atoms with E-state index in [1.54, 1.807) is 36.9 Å². The summed E-state index contributed by atoms with van der Waals surface area (Å²) in [7, 11) is 0. The number of halogens is 1. The molecule has 2 rings (SSSR count). The predicted octanol–water partition coefficient (Wildman–Crippen LogP) is 2.52. The molecule has 0 saturated heterocycles. The maximum Gasteiger partial charge on any atom is 0.146 e. The lowest BCUT2D eigenvalue weighted by Crippen LogP contribution is -1.92. The van der Waals surface area contributed by atoms with E-state index in [0.717, 1.165) is 4.47 Å². The number of hydrogen-bond acceptors (Lipinski definition) is 4. The van der Waals surface area contributed by atoms with E-state index in [-0.39, 0.29) is 6.61 Å². The summed E-state index contributed by atoms with van der Waals surface area (Å²) in [6, 6.07) is 3.50. The van der Waals surface area contributed by atoms with Crippen molar-refractivity contribution >= 4 is 15.9 Å². The van der Waals surface area contributed by atoms with Crippen molar-refractivity contribution in [3.8, 4) is 11.5 Å². The molecule has 0 radical (unpaired) electrons. The zero-order valence-electron chi connectivity index (χ0n) is 8.30. The Morgan fingerprint density at radius 3 is 2.88 bits per heavy atom. The lowest BCUT2D eigenvalue weighted by Gasteiger charge is -2.08. The molecule has 4 nitrogen and oxygen atoms in total. The summed E-state index contributed by atoms with van der Waals surface area (Å²) in [5.41, 5.74) is 0.641. The van der Waals surface area contributed by atoms with Crippen molar-refractivity contribution in [1.29, 1.82) is 0 Å². The number of hydrogen-bond donors (Lipinski definition) is 1.